The van der Waals surface area contributed by atoms with Crippen molar-refractivity contribution in [3.63, 3.8) is 0 Å². The maximum Gasteiger partial charge on any atom is 0.305 e. The fourth-order valence-electron chi connectivity index (χ4n) is 1.30. The first-order chi connectivity index (χ1) is 7.45. The predicted octanol–water partition coefficient (Wildman–Crippen LogP) is 1.17. The number of carboxylic acids is 1. The average molecular weight is 231 g/mol. The van der Waals surface area contributed by atoms with E-state index in [1.54, 1.807) is 0 Å². The Morgan fingerprint density at radius 3 is 2.44 bits per heavy atom. The van der Waals surface area contributed by atoms with Crippen LogP contribution in [-0.4, -0.2) is 35.7 Å². The lowest BCUT2D eigenvalue weighted by Crippen LogP contribution is -2.39. The quantitative estimate of drug-likeness (QED) is 0.657. The SMILES string of the molecule is CCCC(CC(=O)O)NC(=O)COC(C)C. The van der Waals surface area contributed by atoms with E-state index in [-0.39, 0.29) is 31.1 Å². The van der Waals surface area contributed by atoms with Gasteiger partial charge in [0.1, 0.15) is 6.61 Å². The van der Waals surface area contributed by atoms with Crippen LogP contribution < -0.4 is 5.32 Å². The van der Waals surface area contributed by atoms with Gasteiger partial charge in [-0.15, -0.1) is 0 Å². The van der Waals surface area contributed by atoms with Crippen molar-refractivity contribution in [1.29, 1.82) is 0 Å². The molecule has 2 N–H and O–H groups in total. The van der Waals surface area contributed by atoms with Gasteiger partial charge in [-0.2, -0.15) is 0 Å². The molecular formula is C11H21NO4. The minimum absolute atomic E-state index is 0.00477. The van der Waals surface area contributed by atoms with E-state index in [4.69, 9.17) is 9.84 Å². The van der Waals surface area contributed by atoms with E-state index in [0.717, 1.165) is 6.42 Å². The summed E-state index contributed by atoms with van der Waals surface area (Å²) in [6.07, 6.45) is 1.46. The summed E-state index contributed by atoms with van der Waals surface area (Å²) in [7, 11) is 0. The lowest BCUT2D eigenvalue weighted by Gasteiger charge is -2.16. The molecule has 0 aromatic rings. The number of rotatable bonds is 8. The molecule has 1 atom stereocenters. The van der Waals surface area contributed by atoms with Crippen molar-refractivity contribution in [2.75, 3.05) is 6.61 Å². The summed E-state index contributed by atoms with van der Waals surface area (Å²) >= 11 is 0. The summed E-state index contributed by atoms with van der Waals surface area (Å²) in [6.45, 7) is 5.62. The highest BCUT2D eigenvalue weighted by Crippen LogP contribution is 2.02. The fraction of sp³-hybridized carbons (Fsp3) is 0.818. The third-order valence-electron chi connectivity index (χ3n) is 1.97. The molecule has 1 amide bonds. The molecule has 0 fully saturated rings. The van der Waals surface area contributed by atoms with E-state index < -0.39 is 5.97 Å². The van der Waals surface area contributed by atoms with Crippen molar-refractivity contribution >= 4 is 11.9 Å². The van der Waals surface area contributed by atoms with E-state index >= 15 is 0 Å². The highest BCUT2D eigenvalue weighted by atomic mass is 16.5. The van der Waals surface area contributed by atoms with Crippen LogP contribution >= 0.6 is 0 Å². The topological polar surface area (TPSA) is 75.6 Å². The predicted molar refractivity (Wildman–Crippen MR) is 60.2 cm³/mol. The van der Waals surface area contributed by atoms with Crippen molar-refractivity contribution < 1.29 is 19.4 Å². The summed E-state index contributed by atoms with van der Waals surface area (Å²) in [6, 6.07) is -0.300. The van der Waals surface area contributed by atoms with Crippen molar-refractivity contribution in [2.24, 2.45) is 0 Å². The first-order valence-corrected chi connectivity index (χ1v) is 5.58. The van der Waals surface area contributed by atoms with Crippen LogP contribution in [0.15, 0.2) is 0 Å². The van der Waals surface area contributed by atoms with Crippen molar-refractivity contribution in [2.45, 2.75) is 52.2 Å². The van der Waals surface area contributed by atoms with Gasteiger partial charge < -0.3 is 15.2 Å². The van der Waals surface area contributed by atoms with Crippen LogP contribution in [0.3, 0.4) is 0 Å². The Bertz CT molecular complexity index is 228. The van der Waals surface area contributed by atoms with Crippen LogP contribution in [0.25, 0.3) is 0 Å². The van der Waals surface area contributed by atoms with Crippen LogP contribution in [-0.2, 0) is 14.3 Å². The zero-order valence-electron chi connectivity index (χ0n) is 10.2. The Morgan fingerprint density at radius 1 is 1.38 bits per heavy atom. The monoisotopic (exact) mass is 231 g/mol. The number of nitrogens with one attached hydrogen (secondary N) is 1. The summed E-state index contributed by atoms with van der Waals surface area (Å²) in [4.78, 5) is 21.9. The lowest BCUT2D eigenvalue weighted by molar-refractivity contribution is -0.138. The maximum absolute atomic E-state index is 11.4. The summed E-state index contributed by atoms with van der Waals surface area (Å²) in [5.41, 5.74) is 0. The van der Waals surface area contributed by atoms with E-state index in [1.807, 2.05) is 20.8 Å². The minimum atomic E-state index is -0.900. The molecule has 0 aliphatic rings. The number of amides is 1. The van der Waals surface area contributed by atoms with Crippen LogP contribution in [0.2, 0.25) is 0 Å². The molecule has 0 aliphatic heterocycles. The van der Waals surface area contributed by atoms with Gasteiger partial charge in [-0.1, -0.05) is 13.3 Å². The molecule has 0 radical (unpaired) electrons. The molecule has 0 aromatic heterocycles. The molecule has 0 rings (SSSR count). The minimum Gasteiger partial charge on any atom is -0.481 e. The molecule has 94 valence electrons. The Hall–Kier alpha value is -1.10. The maximum atomic E-state index is 11.4. The molecule has 1 unspecified atom stereocenters. The second-order valence-corrected chi connectivity index (χ2v) is 4.01. The number of carboxylic acid groups (broad SMARTS) is 1. The van der Waals surface area contributed by atoms with Gasteiger partial charge in [-0.3, -0.25) is 9.59 Å². The molecule has 5 heteroatoms. The third-order valence-corrected chi connectivity index (χ3v) is 1.97. The van der Waals surface area contributed by atoms with Gasteiger partial charge in [0, 0.05) is 6.04 Å². The molecule has 0 saturated heterocycles. The molecule has 0 aromatic carbocycles. The van der Waals surface area contributed by atoms with Crippen LogP contribution in [0.4, 0.5) is 0 Å². The molecule has 0 heterocycles. The van der Waals surface area contributed by atoms with Gasteiger partial charge >= 0.3 is 5.97 Å². The third kappa shape index (κ3) is 8.23. The number of hydrogen-bond donors (Lipinski definition) is 2. The zero-order valence-corrected chi connectivity index (χ0v) is 10.2. The van der Waals surface area contributed by atoms with E-state index in [1.165, 1.54) is 0 Å². The number of hydrogen-bond acceptors (Lipinski definition) is 3. The highest BCUT2D eigenvalue weighted by Gasteiger charge is 2.15. The van der Waals surface area contributed by atoms with Crippen molar-refractivity contribution in [3.8, 4) is 0 Å². The largest absolute Gasteiger partial charge is 0.481 e. The van der Waals surface area contributed by atoms with Gasteiger partial charge in [0.25, 0.3) is 0 Å². The first kappa shape index (κ1) is 14.9. The zero-order chi connectivity index (χ0) is 12.6. The summed E-state index contributed by atoms with van der Waals surface area (Å²) in [5.74, 6) is -1.16. The van der Waals surface area contributed by atoms with E-state index in [2.05, 4.69) is 5.32 Å². The second-order valence-electron chi connectivity index (χ2n) is 4.01. The number of carbonyl (C=O) groups excluding carboxylic acids is 1. The average Bonchev–Trinajstić information content (AvgIpc) is 2.14. The van der Waals surface area contributed by atoms with Crippen LogP contribution in [0, 0.1) is 0 Å². The highest BCUT2D eigenvalue weighted by molar-refractivity contribution is 5.78. The molecule has 0 bridgehead atoms. The fourth-order valence-corrected chi connectivity index (χ4v) is 1.30. The number of ether oxygens (including phenoxy) is 1. The Balaban J connectivity index is 3.97. The molecule has 0 aliphatic carbocycles. The molecule has 16 heavy (non-hydrogen) atoms. The van der Waals surface area contributed by atoms with Crippen molar-refractivity contribution in [3.05, 3.63) is 0 Å². The van der Waals surface area contributed by atoms with Crippen LogP contribution in [0.5, 0.6) is 0 Å². The summed E-state index contributed by atoms with van der Waals surface area (Å²) < 4.78 is 5.13. The van der Waals surface area contributed by atoms with E-state index in [9.17, 15) is 9.59 Å². The van der Waals surface area contributed by atoms with E-state index in [0.29, 0.717) is 6.42 Å². The second kappa shape index (κ2) is 8.10. The van der Waals surface area contributed by atoms with Crippen molar-refractivity contribution in [1.82, 2.24) is 5.32 Å². The molecule has 5 nitrogen and oxygen atoms in total. The van der Waals surface area contributed by atoms with Gasteiger partial charge in [0.15, 0.2) is 0 Å². The Kier molecular flexibility index (Phi) is 7.54. The first-order valence-electron chi connectivity index (χ1n) is 5.58. The van der Waals surface area contributed by atoms with Gasteiger partial charge in [-0.05, 0) is 20.3 Å². The Labute approximate surface area is 96.2 Å². The number of carbonyl (C=O) groups is 2. The molecule has 0 spiro atoms. The standard InChI is InChI=1S/C11H21NO4/c1-4-5-9(6-11(14)15)12-10(13)7-16-8(2)3/h8-9H,4-7H2,1-3H3,(H,12,13)(H,14,15). The molecular weight excluding hydrogens is 210 g/mol. The lowest BCUT2D eigenvalue weighted by atomic mass is 10.1. The van der Waals surface area contributed by atoms with Gasteiger partial charge in [-0.25, -0.2) is 0 Å². The smallest absolute Gasteiger partial charge is 0.305 e. The Morgan fingerprint density at radius 2 is 2.00 bits per heavy atom. The van der Waals surface area contributed by atoms with Gasteiger partial charge in [0.2, 0.25) is 5.91 Å². The molecule has 0 saturated carbocycles. The number of aliphatic carboxylic acids is 1. The normalized spacial score (nSPS) is 12.5. The van der Waals surface area contributed by atoms with Crippen LogP contribution in [0.1, 0.15) is 40.0 Å². The summed E-state index contributed by atoms with van der Waals surface area (Å²) in [5, 5.41) is 11.3. The van der Waals surface area contributed by atoms with Gasteiger partial charge in [0.05, 0.1) is 12.5 Å².